The summed E-state index contributed by atoms with van der Waals surface area (Å²) in [5.41, 5.74) is 1.03. The Balaban J connectivity index is 1.90. The van der Waals surface area contributed by atoms with Crippen LogP contribution in [0.3, 0.4) is 0 Å². The number of rotatable bonds is 7. The van der Waals surface area contributed by atoms with E-state index in [9.17, 15) is 8.42 Å². The van der Waals surface area contributed by atoms with Gasteiger partial charge in [-0.1, -0.05) is 20.3 Å². The summed E-state index contributed by atoms with van der Waals surface area (Å²) in [6.07, 6.45) is 3.50. The Kier molecular flexibility index (Phi) is 5.60. The molecule has 0 bridgehead atoms. The van der Waals surface area contributed by atoms with Gasteiger partial charge in [-0.05, 0) is 48.2 Å². The second-order valence-electron chi connectivity index (χ2n) is 5.69. The summed E-state index contributed by atoms with van der Waals surface area (Å²) in [7, 11) is -3.33. The third kappa shape index (κ3) is 4.28. The highest BCUT2D eigenvalue weighted by Gasteiger charge is 2.24. The van der Waals surface area contributed by atoms with Crippen molar-refractivity contribution in [2.45, 2.75) is 43.9 Å². The van der Waals surface area contributed by atoms with Crippen molar-refractivity contribution in [3.05, 3.63) is 17.0 Å². The standard InChI is InChI=1S/C14H24N2O2S2/c1-3-15-8-13-7-14(19-10-13)20(17,18)16-9-12-5-4-11(2)6-12/h7,10-12,15-16H,3-6,8-9H2,1-2H3. The van der Waals surface area contributed by atoms with Gasteiger partial charge in [-0.15, -0.1) is 11.3 Å². The molecule has 2 atom stereocenters. The second-order valence-corrected chi connectivity index (χ2v) is 8.60. The molecule has 1 aliphatic rings. The van der Waals surface area contributed by atoms with E-state index in [0.29, 0.717) is 16.7 Å². The minimum Gasteiger partial charge on any atom is -0.313 e. The normalized spacial score (nSPS) is 23.3. The largest absolute Gasteiger partial charge is 0.313 e. The maximum atomic E-state index is 12.2. The van der Waals surface area contributed by atoms with Crippen LogP contribution < -0.4 is 10.0 Å². The SMILES string of the molecule is CCNCc1csc(S(=O)(=O)NCC2CCC(C)C2)c1. The Labute approximate surface area is 126 Å². The van der Waals surface area contributed by atoms with Gasteiger partial charge in [0.15, 0.2) is 0 Å². The van der Waals surface area contributed by atoms with Crippen LogP contribution in [0.2, 0.25) is 0 Å². The Morgan fingerprint density at radius 1 is 1.40 bits per heavy atom. The van der Waals surface area contributed by atoms with Crippen molar-refractivity contribution in [2.24, 2.45) is 11.8 Å². The summed E-state index contributed by atoms with van der Waals surface area (Å²) in [4.78, 5) is 0. The first kappa shape index (κ1) is 15.9. The smallest absolute Gasteiger partial charge is 0.250 e. The lowest BCUT2D eigenvalue weighted by molar-refractivity contribution is 0.499. The molecule has 0 radical (unpaired) electrons. The molecule has 0 spiro atoms. The Morgan fingerprint density at radius 3 is 2.85 bits per heavy atom. The van der Waals surface area contributed by atoms with E-state index in [1.165, 1.54) is 17.8 Å². The summed E-state index contributed by atoms with van der Waals surface area (Å²) in [6, 6.07) is 1.77. The maximum absolute atomic E-state index is 12.2. The van der Waals surface area contributed by atoms with Gasteiger partial charge >= 0.3 is 0 Å². The van der Waals surface area contributed by atoms with Crippen LogP contribution in [0.5, 0.6) is 0 Å². The average Bonchev–Trinajstić information content (AvgIpc) is 3.03. The fourth-order valence-electron chi connectivity index (χ4n) is 2.67. The highest BCUT2D eigenvalue weighted by molar-refractivity contribution is 7.91. The number of sulfonamides is 1. The monoisotopic (exact) mass is 316 g/mol. The molecule has 0 saturated heterocycles. The molecule has 20 heavy (non-hydrogen) atoms. The van der Waals surface area contributed by atoms with Gasteiger partial charge in [0, 0.05) is 13.1 Å². The lowest BCUT2D eigenvalue weighted by Gasteiger charge is -2.10. The van der Waals surface area contributed by atoms with E-state index >= 15 is 0 Å². The molecule has 1 aromatic rings. The van der Waals surface area contributed by atoms with Gasteiger partial charge in [0.25, 0.3) is 0 Å². The minimum atomic E-state index is -3.33. The molecule has 1 heterocycles. The number of hydrogen-bond acceptors (Lipinski definition) is 4. The molecular weight excluding hydrogens is 292 g/mol. The van der Waals surface area contributed by atoms with Crippen molar-refractivity contribution in [3.8, 4) is 0 Å². The van der Waals surface area contributed by atoms with Crippen LogP contribution in [-0.2, 0) is 16.6 Å². The van der Waals surface area contributed by atoms with E-state index in [1.54, 1.807) is 6.07 Å². The molecule has 0 aliphatic heterocycles. The molecule has 1 aromatic heterocycles. The molecule has 1 saturated carbocycles. The molecule has 0 amide bonds. The van der Waals surface area contributed by atoms with Gasteiger partial charge < -0.3 is 5.32 Å². The highest BCUT2D eigenvalue weighted by Crippen LogP contribution is 2.30. The Morgan fingerprint density at radius 2 is 2.20 bits per heavy atom. The van der Waals surface area contributed by atoms with Crippen molar-refractivity contribution in [3.63, 3.8) is 0 Å². The summed E-state index contributed by atoms with van der Waals surface area (Å²) < 4.78 is 27.7. The van der Waals surface area contributed by atoms with E-state index in [0.717, 1.165) is 37.4 Å². The zero-order valence-electron chi connectivity index (χ0n) is 12.2. The molecular formula is C14H24N2O2S2. The molecule has 2 N–H and O–H groups in total. The predicted molar refractivity (Wildman–Crippen MR) is 83.4 cm³/mol. The first-order valence-corrected chi connectivity index (χ1v) is 9.65. The van der Waals surface area contributed by atoms with Gasteiger partial charge in [-0.2, -0.15) is 0 Å². The lowest BCUT2D eigenvalue weighted by Crippen LogP contribution is -2.28. The fraction of sp³-hybridized carbons (Fsp3) is 0.714. The lowest BCUT2D eigenvalue weighted by atomic mass is 10.1. The maximum Gasteiger partial charge on any atom is 0.250 e. The molecule has 0 aromatic carbocycles. The molecule has 1 fully saturated rings. The Hall–Kier alpha value is -0.430. The molecule has 114 valence electrons. The van der Waals surface area contributed by atoms with Crippen molar-refractivity contribution in [2.75, 3.05) is 13.1 Å². The molecule has 4 nitrogen and oxygen atoms in total. The van der Waals surface area contributed by atoms with E-state index in [4.69, 9.17) is 0 Å². The van der Waals surface area contributed by atoms with E-state index in [2.05, 4.69) is 17.0 Å². The summed E-state index contributed by atoms with van der Waals surface area (Å²) >= 11 is 1.30. The molecule has 6 heteroatoms. The topological polar surface area (TPSA) is 58.2 Å². The predicted octanol–water partition coefficient (Wildman–Crippen LogP) is 2.57. The number of hydrogen-bond donors (Lipinski definition) is 2. The highest BCUT2D eigenvalue weighted by atomic mass is 32.2. The van der Waals surface area contributed by atoms with Crippen LogP contribution in [0.15, 0.2) is 15.7 Å². The molecule has 1 aliphatic carbocycles. The van der Waals surface area contributed by atoms with Gasteiger partial charge in [0.05, 0.1) is 0 Å². The third-order valence-corrected chi connectivity index (χ3v) is 6.75. The summed E-state index contributed by atoms with van der Waals surface area (Å²) in [5.74, 6) is 1.24. The van der Waals surface area contributed by atoms with Crippen LogP contribution in [0.1, 0.15) is 38.7 Å². The van der Waals surface area contributed by atoms with Gasteiger partial charge in [-0.3, -0.25) is 0 Å². The Bertz CT molecular complexity index is 525. The van der Waals surface area contributed by atoms with Crippen LogP contribution in [0, 0.1) is 11.8 Å². The van der Waals surface area contributed by atoms with Crippen LogP contribution in [-0.4, -0.2) is 21.5 Å². The van der Waals surface area contributed by atoms with Crippen molar-refractivity contribution in [1.29, 1.82) is 0 Å². The van der Waals surface area contributed by atoms with Crippen molar-refractivity contribution in [1.82, 2.24) is 10.0 Å². The minimum absolute atomic E-state index is 0.427. The first-order chi connectivity index (χ1) is 9.51. The third-order valence-electron chi connectivity index (χ3n) is 3.84. The quantitative estimate of drug-likeness (QED) is 0.813. The fourth-order valence-corrected chi connectivity index (χ4v) is 5.04. The van der Waals surface area contributed by atoms with E-state index in [-0.39, 0.29) is 0 Å². The summed E-state index contributed by atoms with van der Waals surface area (Å²) in [6.45, 7) is 6.46. The zero-order chi connectivity index (χ0) is 14.6. The first-order valence-electron chi connectivity index (χ1n) is 7.29. The number of thiophene rings is 1. The average molecular weight is 316 g/mol. The van der Waals surface area contributed by atoms with Crippen LogP contribution >= 0.6 is 11.3 Å². The second kappa shape index (κ2) is 7.02. The molecule has 2 unspecified atom stereocenters. The molecule has 2 rings (SSSR count). The number of nitrogens with one attached hydrogen (secondary N) is 2. The van der Waals surface area contributed by atoms with Crippen molar-refractivity contribution >= 4 is 21.4 Å². The zero-order valence-corrected chi connectivity index (χ0v) is 13.8. The van der Waals surface area contributed by atoms with Gasteiger partial charge in [-0.25, -0.2) is 13.1 Å². The van der Waals surface area contributed by atoms with Gasteiger partial charge in [0.1, 0.15) is 4.21 Å². The van der Waals surface area contributed by atoms with E-state index in [1.807, 2.05) is 12.3 Å². The van der Waals surface area contributed by atoms with Crippen LogP contribution in [0.4, 0.5) is 0 Å². The van der Waals surface area contributed by atoms with Gasteiger partial charge in [0.2, 0.25) is 10.0 Å². The summed E-state index contributed by atoms with van der Waals surface area (Å²) in [5, 5.41) is 5.11. The van der Waals surface area contributed by atoms with E-state index < -0.39 is 10.0 Å². The van der Waals surface area contributed by atoms with Crippen LogP contribution in [0.25, 0.3) is 0 Å². The van der Waals surface area contributed by atoms with Crippen molar-refractivity contribution < 1.29 is 8.42 Å².